The Morgan fingerprint density at radius 1 is 1.00 bits per heavy atom. The van der Waals surface area contributed by atoms with Crippen molar-refractivity contribution in [1.82, 2.24) is 4.90 Å². The molecular formula is C24H23NO3. The summed E-state index contributed by atoms with van der Waals surface area (Å²) < 4.78 is 5.15. The quantitative estimate of drug-likeness (QED) is 0.575. The van der Waals surface area contributed by atoms with Crippen LogP contribution >= 0.6 is 0 Å². The number of esters is 1. The van der Waals surface area contributed by atoms with Crippen LogP contribution in [0.3, 0.4) is 0 Å². The van der Waals surface area contributed by atoms with E-state index in [0.29, 0.717) is 23.4 Å². The Morgan fingerprint density at radius 3 is 2.39 bits per heavy atom. The highest BCUT2D eigenvalue weighted by Crippen LogP contribution is 2.40. The van der Waals surface area contributed by atoms with Crippen molar-refractivity contribution in [3.63, 3.8) is 0 Å². The number of hydrogen-bond acceptors (Lipinski definition) is 3. The second kappa shape index (κ2) is 7.85. The molecule has 0 fully saturated rings. The molecule has 1 heterocycles. The zero-order valence-corrected chi connectivity index (χ0v) is 16.0. The highest BCUT2D eigenvalue weighted by atomic mass is 16.5. The zero-order valence-electron chi connectivity index (χ0n) is 16.0. The molecule has 0 bridgehead atoms. The van der Waals surface area contributed by atoms with Gasteiger partial charge in [0.25, 0.3) is 5.91 Å². The summed E-state index contributed by atoms with van der Waals surface area (Å²) in [5, 5.41) is 0. The molecule has 0 aromatic heterocycles. The van der Waals surface area contributed by atoms with E-state index in [-0.39, 0.29) is 11.9 Å². The van der Waals surface area contributed by atoms with E-state index in [2.05, 4.69) is 6.08 Å². The van der Waals surface area contributed by atoms with E-state index in [0.717, 1.165) is 42.4 Å². The number of benzene rings is 2. The van der Waals surface area contributed by atoms with Crippen LogP contribution in [0.4, 0.5) is 0 Å². The van der Waals surface area contributed by atoms with Crippen LogP contribution in [-0.2, 0) is 16.1 Å². The molecule has 0 saturated heterocycles. The van der Waals surface area contributed by atoms with Gasteiger partial charge in [0.05, 0.1) is 24.9 Å². The van der Waals surface area contributed by atoms with E-state index in [1.807, 2.05) is 54.6 Å². The topological polar surface area (TPSA) is 46.6 Å². The summed E-state index contributed by atoms with van der Waals surface area (Å²) in [5.74, 6) is -0.460. The minimum absolute atomic E-state index is 0.0766. The van der Waals surface area contributed by atoms with Gasteiger partial charge in [-0.3, -0.25) is 4.79 Å². The van der Waals surface area contributed by atoms with Crippen LogP contribution in [0.25, 0.3) is 5.70 Å². The third-order valence-electron chi connectivity index (χ3n) is 5.35. The predicted octanol–water partition coefficient (Wildman–Crippen LogP) is 4.73. The number of allylic oxidation sites excluding steroid dienone is 1. The van der Waals surface area contributed by atoms with Crippen LogP contribution in [0, 0.1) is 0 Å². The van der Waals surface area contributed by atoms with Gasteiger partial charge in [0, 0.05) is 11.1 Å². The first-order chi connectivity index (χ1) is 13.7. The summed E-state index contributed by atoms with van der Waals surface area (Å²) in [5.41, 5.74) is 4.63. The molecule has 142 valence electrons. The van der Waals surface area contributed by atoms with Gasteiger partial charge in [-0.25, -0.2) is 4.79 Å². The van der Waals surface area contributed by atoms with Crippen molar-refractivity contribution in [2.75, 3.05) is 7.11 Å². The normalized spacial score (nSPS) is 17.8. The number of hydrogen-bond donors (Lipinski definition) is 0. The lowest BCUT2D eigenvalue weighted by molar-refractivity contribution is -0.135. The van der Waals surface area contributed by atoms with Gasteiger partial charge >= 0.3 is 5.97 Å². The summed E-state index contributed by atoms with van der Waals surface area (Å²) >= 11 is 0. The maximum atomic E-state index is 13.2. The van der Waals surface area contributed by atoms with Crippen molar-refractivity contribution in [3.8, 4) is 0 Å². The highest BCUT2D eigenvalue weighted by molar-refractivity contribution is 6.14. The summed E-state index contributed by atoms with van der Waals surface area (Å²) in [6.07, 6.45) is 6.04. The first-order valence-corrected chi connectivity index (χ1v) is 9.68. The Bertz CT molecular complexity index is 972. The van der Waals surface area contributed by atoms with E-state index in [1.54, 1.807) is 4.90 Å². The standard InChI is InChI=1S/C24H23NO3/c1-28-24(27)21(18-12-6-3-7-13-18)22-19-14-8-9-15-20(19)23(26)25(22)16-17-10-4-2-5-11-17/h2,4-5,8-12,14-15H,3,6-7,13,16H2,1H3/b22-21+. The van der Waals surface area contributed by atoms with Crippen LogP contribution < -0.4 is 0 Å². The van der Waals surface area contributed by atoms with Gasteiger partial charge in [-0.2, -0.15) is 0 Å². The van der Waals surface area contributed by atoms with E-state index in [9.17, 15) is 9.59 Å². The number of ether oxygens (including phenoxy) is 1. The monoisotopic (exact) mass is 373 g/mol. The Kier molecular flexibility index (Phi) is 5.11. The van der Waals surface area contributed by atoms with Crippen LogP contribution in [0.2, 0.25) is 0 Å². The lowest BCUT2D eigenvalue weighted by Crippen LogP contribution is -2.25. The van der Waals surface area contributed by atoms with Gasteiger partial charge in [-0.1, -0.05) is 54.6 Å². The molecule has 0 N–H and O–H groups in total. The van der Waals surface area contributed by atoms with Crippen LogP contribution in [0.1, 0.15) is 47.2 Å². The van der Waals surface area contributed by atoms with Gasteiger partial charge in [-0.15, -0.1) is 0 Å². The average Bonchev–Trinajstić information content (AvgIpc) is 3.02. The lowest BCUT2D eigenvalue weighted by atomic mass is 9.90. The van der Waals surface area contributed by atoms with Crippen molar-refractivity contribution in [2.24, 2.45) is 0 Å². The van der Waals surface area contributed by atoms with Crippen molar-refractivity contribution >= 4 is 17.6 Å². The van der Waals surface area contributed by atoms with E-state index >= 15 is 0 Å². The first-order valence-electron chi connectivity index (χ1n) is 9.68. The van der Waals surface area contributed by atoms with E-state index in [1.165, 1.54) is 7.11 Å². The van der Waals surface area contributed by atoms with Gasteiger partial charge in [0.15, 0.2) is 0 Å². The molecule has 4 nitrogen and oxygen atoms in total. The highest BCUT2D eigenvalue weighted by Gasteiger charge is 2.37. The second-order valence-electron chi connectivity index (χ2n) is 7.11. The number of fused-ring (bicyclic) bond motifs is 1. The molecule has 0 unspecified atom stereocenters. The third-order valence-corrected chi connectivity index (χ3v) is 5.35. The molecule has 2 aromatic rings. The smallest absolute Gasteiger partial charge is 0.340 e. The van der Waals surface area contributed by atoms with Crippen LogP contribution in [0.5, 0.6) is 0 Å². The SMILES string of the molecule is COC(=O)/C(C1=CCCCC1)=C1\c2ccccc2C(=O)N1Cc1ccccc1. The number of carbonyl (C=O) groups excluding carboxylic acids is 2. The zero-order chi connectivity index (χ0) is 19.5. The van der Waals surface area contributed by atoms with Gasteiger partial charge in [0.1, 0.15) is 0 Å². The Balaban J connectivity index is 1.91. The number of amides is 1. The minimum atomic E-state index is -0.384. The predicted molar refractivity (Wildman–Crippen MR) is 108 cm³/mol. The molecule has 28 heavy (non-hydrogen) atoms. The molecule has 0 radical (unpaired) electrons. The van der Waals surface area contributed by atoms with Crippen molar-refractivity contribution in [3.05, 3.63) is 88.5 Å². The number of methoxy groups -OCH3 is 1. The van der Waals surface area contributed by atoms with Crippen LogP contribution in [0.15, 0.2) is 71.8 Å². The fourth-order valence-corrected chi connectivity index (χ4v) is 4.00. The summed E-state index contributed by atoms with van der Waals surface area (Å²) in [7, 11) is 1.40. The molecule has 4 rings (SSSR count). The maximum Gasteiger partial charge on any atom is 0.340 e. The van der Waals surface area contributed by atoms with Gasteiger partial charge < -0.3 is 9.64 Å². The molecule has 1 aliphatic carbocycles. The van der Waals surface area contributed by atoms with Crippen LogP contribution in [-0.4, -0.2) is 23.9 Å². The third kappa shape index (κ3) is 3.26. The fraction of sp³-hybridized carbons (Fsp3) is 0.250. The summed E-state index contributed by atoms with van der Waals surface area (Å²) in [4.78, 5) is 27.8. The number of nitrogens with zero attached hydrogens (tertiary/aromatic N) is 1. The maximum absolute atomic E-state index is 13.2. The Hall–Kier alpha value is -3.14. The summed E-state index contributed by atoms with van der Waals surface area (Å²) in [6, 6.07) is 17.4. The first kappa shape index (κ1) is 18.2. The number of carbonyl (C=O) groups is 2. The molecule has 4 heteroatoms. The fourth-order valence-electron chi connectivity index (χ4n) is 4.00. The Morgan fingerprint density at radius 2 is 1.71 bits per heavy atom. The van der Waals surface area contributed by atoms with Gasteiger partial charge in [0.2, 0.25) is 0 Å². The Labute approximate surface area is 165 Å². The molecule has 0 spiro atoms. The van der Waals surface area contributed by atoms with Gasteiger partial charge in [-0.05, 0) is 42.9 Å². The van der Waals surface area contributed by atoms with Crippen molar-refractivity contribution in [1.29, 1.82) is 0 Å². The minimum Gasteiger partial charge on any atom is -0.465 e. The van der Waals surface area contributed by atoms with Crippen molar-refractivity contribution in [2.45, 2.75) is 32.2 Å². The molecular weight excluding hydrogens is 350 g/mol. The van der Waals surface area contributed by atoms with Crippen molar-refractivity contribution < 1.29 is 14.3 Å². The molecule has 2 aromatic carbocycles. The molecule has 1 aliphatic heterocycles. The largest absolute Gasteiger partial charge is 0.465 e. The average molecular weight is 373 g/mol. The molecule has 0 saturated carbocycles. The lowest BCUT2D eigenvalue weighted by Gasteiger charge is -2.24. The molecule has 2 aliphatic rings. The van der Waals surface area contributed by atoms with E-state index in [4.69, 9.17) is 4.74 Å². The summed E-state index contributed by atoms with van der Waals surface area (Å²) in [6.45, 7) is 0.414. The van der Waals surface area contributed by atoms with E-state index < -0.39 is 0 Å². The second-order valence-corrected chi connectivity index (χ2v) is 7.11. The molecule has 0 atom stereocenters. The molecule has 1 amide bonds. The number of rotatable bonds is 4.